The zero-order chi connectivity index (χ0) is 21.5. The number of nitrogens with one attached hydrogen (secondary N) is 1. The van der Waals surface area contributed by atoms with Crippen molar-refractivity contribution < 1.29 is 27.4 Å². The molecular weight excluding hydrogens is 399 g/mol. The number of aromatic nitrogens is 2. The van der Waals surface area contributed by atoms with Gasteiger partial charge in [-0.05, 0) is 18.2 Å². The van der Waals surface area contributed by atoms with Gasteiger partial charge in [-0.1, -0.05) is 24.3 Å². The van der Waals surface area contributed by atoms with Crippen LogP contribution in [-0.4, -0.2) is 29.7 Å². The highest BCUT2D eigenvalue weighted by atomic mass is 19.4. The summed E-state index contributed by atoms with van der Waals surface area (Å²) in [5.74, 6) is 0.319. The van der Waals surface area contributed by atoms with Crippen LogP contribution < -0.4 is 14.8 Å². The molecule has 1 amide bonds. The number of carbonyl (C=O) groups excluding carboxylic acids is 1. The second kappa shape index (κ2) is 7.40. The normalized spacial score (nSPS) is 16.0. The van der Waals surface area contributed by atoms with Crippen molar-refractivity contribution in [2.75, 3.05) is 19.5 Å². The van der Waals surface area contributed by atoms with Gasteiger partial charge in [-0.15, -0.1) is 0 Å². The summed E-state index contributed by atoms with van der Waals surface area (Å²) in [5.41, 5.74) is 0.193. The zero-order valence-electron chi connectivity index (χ0n) is 16.2. The second-order valence-corrected chi connectivity index (χ2v) is 6.75. The smallest absolute Gasteiger partial charge is 0.418 e. The number of alkyl halides is 3. The van der Waals surface area contributed by atoms with Gasteiger partial charge >= 0.3 is 6.18 Å². The molecule has 0 saturated carbocycles. The van der Waals surface area contributed by atoms with Crippen molar-refractivity contribution in [2.45, 2.75) is 18.5 Å². The quantitative estimate of drug-likeness (QED) is 0.684. The average molecular weight is 417 g/mol. The highest BCUT2D eigenvalue weighted by Gasteiger charge is 2.37. The molecule has 0 fully saturated rings. The Kier molecular flexibility index (Phi) is 4.89. The summed E-state index contributed by atoms with van der Waals surface area (Å²) in [6.45, 7) is 0. The first-order chi connectivity index (χ1) is 14.3. The lowest BCUT2D eigenvalue weighted by molar-refractivity contribution is -0.137. The maximum atomic E-state index is 13.5. The molecule has 156 valence electrons. The molecule has 1 aliphatic rings. The third kappa shape index (κ3) is 3.26. The Balaban J connectivity index is 1.88. The number of benzene rings is 2. The first-order valence-corrected chi connectivity index (χ1v) is 9.09. The van der Waals surface area contributed by atoms with E-state index in [9.17, 15) is 18.0 Å². The number of hydrogen-bond acceptors (Lipinski definition) is 4. The van der Waals surface area contributed by atoms with E-state index in [1.807, 2.05) is 0 Å². The second-order valence-electron chi connectivity index (χ2n) is 6.75. The van der Waals surface area contributed by atoms with Crippen molar-refractivity contribution in [1.29, 1.82) is 0 Å². The van der Waals surface area contributed by atoms with E-state index in [0.29, 0.717) is 22.8 Å². The van der Waals surface area contributed by atoms with Crippen LogP contribution in [0, 0.1) is 0 Å². The number of fused-ring (bicyclic) bond motifs is 1. The molecule has 1 N–H and O–H groups in total. The van der Waals surface area contributed by atoms with E-state index < -0.39 is 17.7 Å². The number of imidazole rings is 1. The van der Waals surface area contributed by atoms with Crippen molar-refractivity contribution in [3.8, 4) is 17.2 Å². The Morgan fingerprint density at radius 2 is 1.87 bits per heavy atom. The first kappa shape index (κ1) is 19.8. The third-order valence-electron chi connectivity index (χ3n) is 5.05. The summed E-state index contributed by atoms with van der Waals surface area (Å²) in [6, 6.07) is 10.4. The largest absolute Gasteiger partial charge is 0.493 e. The van der Waals surface area contributed by atoms with Crippen LogP contribution in [-0.2, 0) is 11.0 Å². The minimum absolute atomic E-state index is 0.0778. The molecule has 30 heavy (non-hydrogen) atoms. The van der Waals surface area contributed by atoms with Gasteiger partial charge < -0.3 is 14.8 Å². The summed E-state index contributed by atoms with van der Waals surface area (Å²) < 4.78 is 52.6. The minimum Gasteiger partial charge on any atom is -0.493 e. The van der Waals surface area contributed by atoms with Crippen LogP contribution in [0.5, 0.6) is 11.5 Å². The maximum Gasteiger partial charge on any atom is 0.418 e. The fourth-order valence-electron chi connectivity index (χ4n) is 3.76. The highest BCUT2D eigenvalue weighted by Crippen LogP contribution is 2.44. The summed E-state index contributed by atoms with van der Waals surface area (Å²) >= 11 is 0. The molecule has 0 bridgehead atoms. The minimum atomic E-state index is -4.55. The summed E-state index contributed by atoms with van der Waals surface area (Å²) in [6.07, 6.45) is -3.18. The predicted octanol–water partition coefficient (Wildman–Crippen LogP) is 4.38. The molecule has 4 rings (SSSR count). The number of carbonyl (C=O) groups is 1. The lowest BCUT2D eigenvalue weighted by Crippen LogP contribution is -2.25. The fraction of sp³-hybridized carbons (Fsp3) is 0.238. The molecule has 3 aromatic rings. The number of nitrogens with zero attached hydrogens (tertiary/aromatic N) is 2. The summed E-state index contributed by atoms with van der Waals surface area (Å²) in [5, 5.41) is 2.67. The van der Waals surface area contributed by atoms with Gasteiger partial charge in [0.25, 0.3) is 0 Å². The molecule has 1 aromatic heterocycles. The molecule has 6 nitrogen and oxygen atoms in total. The van der Waals surface area contributed by atoms with Gasteiger partial charge in [-0.25, -0.2) is 4.98 Å². The van der Waals surface area contributed by atoms with E-state index in [1.165, 1.54) is 43.3 Å². The van der Waals surface area contributed by atoms with Gasteiger partial charge in [0.1, 0.15) is 12.1 Å². The number of ether oxygens (including phenoxy) is 2. The van der Waals surface area contributed by atoms with Crippen LogP contribution in [0.1, 0.15) is 29.2 Å². The van der Waals surface area contributed by atoms with Gasteiger partial charge in [0.15, 0.2) is 11.5 Å². The number of amides is 1. The van der Waals surface area contributed by atoms with Gasteiger partial charge in [-0.3, -0.25) is 9.36 Å². The molecule has 1 atom stereocenters. The van der Waals surface area contributed by atoms with E-state index >= 15 is 0 Å². The Labute approximate surface area is 170 Å². The standard InChI is InChI=1S/C21H18F3N3O3/c1-29-16-9-5-6-12(19(16)30-2)13-10-17(28)26-20-18(13)25-11-27(20)15-8-4-3-7-14(15)21(22,23)24/h3-9,11,13H,10H2,1-2H3,(H,26,28)/t13-/m0/s1. The Bertz CT molecular complexity index is 1110. The molecule has 9 heteroatoms. The molecule has 0 saturated heterocycles. The number of anilines is 1. The molecule has 1 aliphatic heterocycles. The molecule has 0 radical (unpaired) electrons. The number of hydrogen-bond donors (Lipinski definition) is 1. The van der Waals surface area contributed by atoms with Crippen molar-refractivity contribution in [1.82, 2.24) is 9.55 Å². The van der Waals surface area contributed by atoms with Crippen LogP contribution in [0.2, 0.25) is 0 Å². The van der Waals surface area contributed by atoms with E-state index in [0.717, 1.165) is 6.07 Å². The monoisotopic (exact) mass is 417 g/mol. The Hall–Kier alpha value is -3.49. The molecule has 0 unspecified atom stereocenters. The van der Waals surface area contributed by atoms with Crippen LogP contribution in [0.4, 0.5) is 19.0 Å². The van der Waals surface area contributed by atoms with Crippen molar-refractivity contribution >= 4 is 11.7 Å². The first-order valence-electron chi connectivity index (χ1n) is 9.09. The van der Waals surface area contributed by atoms with Gasteiger partial charge in [0.2, 0.25) is 5.91 Å². The van der Waals surface area contributed by atoms with Crippen molar-refractivity contribution in [2.24, 2.45) is 0 Å². The van der Waals surface area contributed by atoms with E-state index in [1.54, 1.807) is 18.2 Å². The van der Waals surface area contributed by atoms with Crippen molar-refractivity contribution in [3.05, 3.63) is 65.6 Å². The van der Waals surface area contributed by atoms with Gasteiger partial charge in [0, 0.05) is 17.9 Å². The third-order valence-corrected chi connectivity index (χ3v) is 5.05. The molecule has 2 aromatic carbocycles. The molecule has 0 spiro atoms. The van der Waals surface area contributed by atoms with Gasteiger partial charge in [-0.2, -0.15) is 13.2 Å². The van der Waals surface area contributed by atoms with Crippen LogP contribution in [0.15, 0.2) is 48.8 Å². The topological polar surface area (TPSA) is 65.4 Å². The predicted molar refractivity (Wildman–Crippen MR) is 103 cm³/mol. The fourth-order valence-corrected chi connectivity index (χ4v) is 3.76. The SMILES string of the molecule is COc1cccc([C@@H]2CC(=O)Nc3c2ncn3-c2ccccc2C(F)(F)F)c1OC. The number of rotatable bonds is 4. The molecule has 0 aliphatic carbocycles. The highest BCUT2D eigenvalue weighted by molar-refractivity contribution is 5.94. The lowest BCUT2D eigenvalue weighted by atomic mass is 9.89. The van der Waals surface area contributed by atoms with Crippen LogP contribution in [0.3, 0.4) is 0 Å². The van der Waals surface area contributed by atoms with E-state index in [2.05, 4.69) is 10.3 Å². The van der Waals surface area contributed by atoms with Gasteiger partial charge in [0.05, 0.1) is 31.2 Å². The Morgan fingerprint density at radius 3 is 2.57 bits per heavy atom. The summed E-state index contributed by atoms with van der Waals surface area (Å²) in [4.78, 5) is 16.8. The van der Waals surface area contributed by atoms with Crippen LogP contribution >= 0.6 is 0 Å². The number of halogens is 3. The van der Waals surface area contributed by atoms with E-state index in [4.69, 9.17) is 9.47 Å². The maximum absolute atomic E-state index is 13.5. The van der Waals surface area contributed by atoms with Crippen molar-refractivity contribution in [3.63, 3.8) is 0 Å². The molecular formula is C21H18F3N3O3. The van der Waals surface area contributed by atoms with E-state index in [-0.39, 0.29) is 23.8 Å². The lowest BCUT2D eigenvalue weighted by Gasteiger charge is -2.25. The summed E-state index contributed by atoms with van der Waals surface area (Å²) in [7, 11) is 2.99. The number of methoxy groups -OCH3 is 2. The molecule has 2 heterocycles. The average Bonchev–Trinajstić information content (AvgIpc) is 3.15. The number of para-hydroxylation sites is 2. The zero-order valence-corrected chi connectivity index (χ0v) is 16.2. The Morgan fingerprint density at radius 1 is 1.10 bits per heavy atom. The van der Waals surface area contributed by atoms with Crippen LogP contribution in [0.25, 0.3) is 5.69 Å².